The fourth-order valence-electron chi connectivity index (χ4n) is 2.73. The molecule has 1 aliphatic heterocycles. The summed E-state index contributed by atoms with van der Waals surface area (Å²) in [6.07, 6.45) is -0.970. The van der Waals surface area contributed by atoms with Crippen LogP contribution in [0.3, 0.4) is 0 Å². The number of alkyl halides is 1. The van der Waals surface area contributed by atoms with E-state index < -0.39 is 12.3 Å². The summed E-state index contributed by atoms with van der Waals surface area (Å²) in [4.78, 5) is 11.8. The molecule has 0 amide bonds. The number of halogens is 1. The quantitative estimate of drug-likeness (QED) is 0.692. The molecule has 2 rings (SSSR count). The van der Waals surface area contributed by atoms with Gasteiger partial charge < -0.3 is 5.11 Å². The zero-order valence-electron chi connectivity index (χ0n) is 9.02. The molecule has 6 unspecified atom stereocenters. The molecule has 2 fully saturated rings. The summed E-state index contributed by atoms with van der Waals surface area (Å²) in [6.45, 7) is 3.84. The first-order valence-electron chi connectivity index (χ1n) is 5.51. The lowest BCUT2D eigenvalue weighted by Crippen LogP contribution is -2.51. The molecule has 0 aromatic heterocycles. The van der Waals surface area contributed by atoms with Gasteiger partial charge in [-0.05, 0) is 5.92 Å². The molecule has 1 saturated heterocycles. The lowest BCUT2D eigenvalue weighted by Gasteiger charge is -2.44. The van der Waals surface area contributed by atoms with Gasteiger partial charge in [0.15, 0.2) is 0 Å². The van der Waals surface area contributed by atoms with Gasteiger partial charge in [0, 0.05) is 29.3 Å². The summed E-state index contributed by atoms with van der Waals surface area (Å²) in [5.41, 5.74) is 0. The van der Waals surface area contributed by atoms with Crippen LogP contribution in [-0.2, 0) is 4.79 Å². The van der Waals surface area contributed by atoms with Crippen molar-refractivity contribution in [2.45, 2.75) is 49.5 Å². The predicted molar refractivity (Wildman–Crippen MR) is 58.6 cm³/mol. The number of hydrogen-bond acceptors (Lipinski definition) is 3. The van der Waals surface area contributed by atoms with Crippen molar-refractivity contribution in [3.63, 3.8) is 0 Å². The zero-order chi connectivity index (χ0) is 11.2. The minimum atomic E-state index is -1.03. The van der Waals surface area contributed by atoms with Crippen molar-refractivity contribution in [2.75, 3.05) is 0 Å². The number of carbonyl (C=O) groups excluding carboxylic acids is 1. The average Bonchev–Trinajstić information content (AvgIpc) is 2.13. The normalized spacial score (nSPS) is 51.3. The maximum Gasteiger partial charge on any atom is 0.138 e. The standard InChI is InChI=1S/C11H17FO2S/c1-5-3-9(14)10-6(2)8(13)4-7(12)11(10)15-5/h5-8,10-11,13H,3-4H2,1-2H3. The highest BCUT2D eigenvalue weighted by molar-refractivity contribution is 8.00. The summed E-state index contributed by atoms with van der Waals surface area (Å²) in [5, 5.41) is 9.67. The van der Waals surface area contributed by atoms with Crippen LogP contribution in [0.25, 0.3) is 0 Å². The first-order valence-corrected chi connectivity index (χ1v) is 6.45. The molecule has 0 aromatic carbocycles. The monoisotopic (exact) mass is 232 g/mol. The summed E-state index contributed by atoms with van der Waals surface area (Å²) < 4.78 is 13.8. The van der Waals surface area contributed by atoms with Crippen LogP contribution in [0.2, 0.25) is 0 Å². The molecule has 15 heavy (non-hydrogen) atoms. The maximum atomic E-state index is 13.8. The van der Waals surface area contributed by atoms with E-state index in [9.17, 15) is 14.3 Å². The van der Waals surface area contributed by atoms with Gasteiger partial charge in [0.1, 0.15) is 12.0 Å². The van der Waals surface area contributed by atoms with Crippen LogP contribution in [0, 0.1) is 11.8 Å². The first-order chi connectivity index (χ1) is 7.00. The van der Waals surface area contributed by atoms with Gasteiger partial charge in [0.25, 0.3) is 0 Å². The molecule has 86 valence electrons. The average molecular weight is 232 g/mol. The van der Waals surface area contributed by atoms with Gasteiger partial charge in [-0.3, -0.25) is 4.79 Å². The van der Waals surface area contributed by atoms with Gasteiger partial charge in [-0.15, -0.1) is 0 Å². The Hall–Kier alpha value is -0.0900. The third-order valence-corrected chi connectivity index (χ3v) is 5.13. The minimum absolute atomic E-state index is 0.0884. The van der Waals surface area contributed by atoms with Gasteiger partial charge in [-0.25, -0.2) is 4.39 Å². The molecule has 0 bridgehead atoms. The van der Waals surface area contributed by atoms with E-state index in [1.54, 1.807) is 11.8 Å². The minimum Gasteiger partial charge on any atom is -0.393 e. The third-order valence-electron chi connectivity index (χ3n) is 3.60. The summed E-state index contributed by atoms with van der Waals surface area (Å²) in [7, 11) is 0. The Morgan fingerprint density at radius 3 is 2.80 bits per heavy atom. The Morgan fingerprint density at radius 1 is 1.47 bits per heavy atom. The second-order valence-corrected chi connectivity index (χ2v) is 6.41. The number of carbonyl (C=O) groups is 1. The second kappa shape index (κ2) is 4.06. The summed E-state index contributed by atoms with van der Waals surface area (Å²) >= 11 is 1.58. The Morgan fingerprint density at radius 2 is 2.13 bits per heavy atom. The molecule has 2 nitrogen and oxygen atoms in total. The highest BCUT2D eigenvalue weighted by atomic mass is 32.2. The smallest absolute Gasteiger partial charge is 0.138 e. The van der Waals surface area contributed by atoms with Crippen molar-refractivity contribution >= 4 is 17.5 Å². The van der Waals surface area contributed by atoms with Crippen LogP contribution in [0.4, 0.5) is 4.39 Å². The predicted octanol–water partition coefficient (Wildman–Crippen LogP) is 1.80. The van der Waals surface area contributed by atoms with Crippen LogP contribution in [0.1, 0.15) is 26.7 Å². The van der Waals surface area contributed by atoms with Crippen molar-refractivity contribution in [3.05, 3.63) is 0 Å². The number of fused-ring (bicyclic) bond motifs is 1. The molecule has 0 spiro atoms. The molecule has 1 aliphatic carbocycles. The number of aliphatic hydroxyl groups excluding tert-OH is 1. The molecular weight excluding hydrogens is 215 g/mol. The van der Waals surface area contributed by atoms with Gasteiger partial charge in [-0.2, -0.15) is 11.8 Å². The Bertz CT molecular complexity index is 271. The van der Waals surface area contributed by atoms with Gasteiger partial charge in [0.2, 0.25) is 0 Å². The van der Waals surface area contributed by atoms with E-state index in [1.807, 2.05) is 13.8 Å². The van der Waals surface area contributed by atoms with Crippen LogP contribution in [0.5, 0.6) is 0 Å². The van der Waals surface area contributed by atoms with Gasteiger partial charge >= 0.3 is 0 Å². The van der Waals surface area contributed by atoms with E-state index in [4.69, 9.17) is 0 Å². The van der Waals surface area contributed by atoms with E-state index in [-0.39, 0.29) is 34.5 Å². The van der Waals surface area contributed by atoms with Crippen molar-refractivity contribution in [1.29, 1.82) is 0 Å². The molecule has 2 aliphatic rings. The number of aliphatic hydroxyl groups is 1. The van der Waals surface area contributed by atoms with Crippen LogP contribution in [0.15, 0.2) is 0 Å². The second-order valence-electron chi connectivity index (χ2n) is 4.79. The Balaban J connectivity index is 2.22. The highest BCUT2D eigenvalue weighted by Gasteiger charge is 2.49. The number of ketones is 1. The summed E-state index contributed by atoms with van der Waals surface area (Å²) in [6, 6.07) is 0. The van der Waals surface area contributed by atoms with Crippen molar-refractivity contribution in [1.82, 2.24) is 0 Å². The maximum absolute atomic E-state index is 13.8. The Labute approximate surface area is 93.6 Å². The van der Waals surface area contributed by atoms with Crippen LogP contribution >= 0.6 is 11.8 Å². The van der Waals surface area contributed by atoms with E-state index in [0.717, 1.165) is 0 Å². The Kier molecular flexibility index (Phi) is 3.08. The van der Waals surface area contributed by atoms with Crippen LogP contribution < -0.4 is 0 Å². The van der Waals surface area contributed by atoms with Gasteiger partial charge in [0.05, 0.1) is 6.10 Å². The van der Waals surface area contributed by atoms with E-state index in [1.165, 1.54) is 0 Å². The molecule has 1 heterocycles. The zero-order valence-corrected chi connectivity index (χ0v) is 9.84. The van der Waals surface area contributed by atoms with Gasteiger partial charge in [-0.1, -0.05) is 13.8 Å². The lowest BCUT2D eigenvalue weighted by molar-refractivity contribution is -0.129. The van der Waals surface area contributed by atoms with Crippen molar-refractivity contribution in [3.8, 4) is 0 Å². The largest absolute Gasteiger partial charge is 0.393 e. The SMILES string of the molecule is CC1CC(=O)C2C(C)C(O)CC(F)C2S1. The molecule has 0 aromatic rings. The molecule has 1 N–H and O–H groups in total. The first kappa shape index (κ1) is 11.4. The molecular formula is C11H17FO2S. The van der Waals surface area contributed by atoms with Crippen molar-refractivity contribution in [2.24, 2.45) is 11.8 Å². The van der Waals surface area contributed by atoms with Crippen molar-refractivity contribution < 1.29 is 14.3 Å². The molecule has 4 heteroatoms. The third kappa shape index (κ3) is 1.94. The fourth-order valence-corrected chi connectivity index (χ4v) is 4.37. The van der Waals surface area contributed by atoms with Crippen LogP contribution in [-0.4, -0.2) is 33.7 Å². The molecule has 1 saturated carbocycles. The molecule has 6 atom stereocenters. The number of thioether (sulfide) groups is 1. The summed E-state index contributed by atoms with van der Waals surface area (Å²) in [5.74, 6) is -0.223. The topological polar surface area (TPSA) is 37.3 Å². The number of rotatable bonds is 0. The molecule has 0 radical (unpaired) electrons. The van der Waals surface area contributed by atoms with E-state index in [0.29, 0.717) is 6.42 Å². The highest BCUT2D eigenvalue weighted by Crippen LogP contribution is 2.45. The van der Waals surface area contributed by atoms with E-state index in [2.05, 4.69) is 0 Å². The van der Waals surface area contributed by atoms with E-state index >= 15 is 0 Å². The number of Topliss-reactive ketones (excluding diaryl/α,β-unsaturated/α-hetero) is 1. The fraction of sp³-hybridized carbons (Fsp3) is 0.909. The number of hydrogen-bond donors (Lipinski definition) is 1. The lowest BCUT2D eigenvalue weighted by atomic mass is 9.74.